The molecule has 0 spiro atoms. The third-order valence-corrected chi connectivity index (χ3v) is 2.83. The fraction of sp³-hybridized carbons (Fsp3) is 0.800. The van der Waals surface area contributed by atoms with E-state index >= 15 is 0 Å². The molecule has 0 radical (unpaired) electrons. The van der Waals surface area contributed by atoms with Gasteiger partial charge >= 0.3 is 11.9 Å². The first-order valence-corrected chi connectivity index (χ1v) is 4.95. The SMILES string of the molecule is COC(=O)C(CC1CCCC1)C(=O)O. The van der Waals surface area contributed by atoms with Crippen LogP contribution < -0.4 is 0 Å². The Morgan fingerprint density at radius 3 is 2.43 bits per heavy atom. The third-order valence-electron chi connectivity index (χ3n) is 2.83. The number of carboxylic acids is 1. The zero-order chi connectivity index (χ0) is 10.6. The smallest absolute Gasteiger partial charge is 0.320 e. The first kappa shape index (κ1) is 11.0. The first-order chi connectivity index (χ1) is 6.65. The molecule has 14 heavy (non-hydrogen) atoms. The Balaban J connectivity index is 2.50. The van der Waals surface area contributed by atoms with Gasteiger partial charge < -0.3 is 9.84 Å². The molecule has 1 aliphatic carbocycles. The highest BCUT2D eigenvalue weighted by atomic mass is 16.5. The van der Waals surface area contributed by atoms with Crippen molar-refractivity contribution < 1.29 is 19.4 Å². The zero-order valence-corrected chi connectivity index (χ0v) is 8.36. The van der Waals surface area contributed by atoms with Crippen LogP contribution in [0.5, 0.6) is 0 Å². The van der Waals surface area contributed by atoms with Gasteiger partial charge in [-0.05, 0) is 12.3 Å². The van der Waals surface area contributed by atoms with Crippen LogP contribution in [0.2, 0.25) is 0 Å². The fourth-order valence-electron chi connectivity index (χ4n) is 2.02. The molecule has 1 unspecified atom stereocenters. The second kappa shape index (κ2) is 4.98. The molecular formula is C10H16O4. The summed E-state index contributed by atoms with van der Waals surface area (Å²) in [7, 11) is 1.23. The number of methoxy groups -OCH3 is 1. The molecule has 1 atom stereocenters. The molecule has 1 N–H and O–H groups in total. The highest BCUT2D eigenvalue weighted by Gasteiger charge is 2.31. The average molecular weight is 200 g/mol. The lowest BCUT2D eigenvalue weighted by molar-refractivity contribution is -0.157. The normalized spacial score (nSPS) is 19.2. The van der Waals surface area contributed by atoms with Crippen molar-refractivity contribution >= 4 is 11.9 Å². The van der Waals surface area contributed by atoms with Gasteiger partial charge in [-0.3, -0.25) is 9.59 Å². The molecule has 4 heteroatoms. The molecule has 0 aromatic rings. The highest BCUT2D eigenvalue weighted by Crippen LogP contribution is 2.30. The van der Waals surface area contributed by atoms with Gasteiger partial charge in [0.05, 0.1) is 7.11 Å². The predicted octanol–water partition coefficient (Wildman–Crippen LogP) is 1.44. The summed E-state index contributed by atoms with van der Waals surface area (Å²) in [6.45, 7) is 0. The maximum absolute atomic E-state index is 11.1. The highest BCUT2D eigenvalue weighted by molar-refractivity contribution is 5.93. The number of hydrogen-bond acceptors (Lipinski definition) is 3. The van der Waals surface area contributed by atoms with Crippen LogP contribution in [-0.4, -0.2) is 24.2 Å². The van der Waals surface area contributed by atoms with E-state index in [1.165, 1.54) is 7.11 Å². The van der Waals surface area contributed by atoms with E-state index in [2.05, 4.69) is 4.74 Å². The van der Waals surface area contributed by atoms with Crippen LogP contribution >= 0.6 is 0 Å². The molecule has 0 heterocycles. The predicted molar refractivity (Wildman–Crippen MR) is 49.7 cm³/mol. The minimum Gasteiger partial charge on any atom is -0.481 e. The lowest BCUT2D eigenvalue weighted by atomic mass is 9.93. The fourth-order valence-corrected chi connectivity index (χ4v) is 2.02. The van der Waals surface area contributed by atoms with Crippen molar-refractivity contribution in [1.82, 2.24) is 0 Å². The number of ether oxygens (including phenoxy) is 1. The maximum atomic E-state index is 11.1. The summed E-state index contributed by atoms with van der Waals surface area (Å²) in [4.78, 5) is 21.9. The molecule has 0 bridgehead atoms. The van der Waals surface area contributed by atoms with Gasteiger partial charge in [0.25, 0.3) is 0 Å². The Labute approximate surface area is 83.2 Å². The Hall–Kier alpha value is -1.06. The standard InChI is InChI=1S/C10H16O4/c1-14-10(13)8(9(11)12)6-7-4-2-3-5-7/h7-8H,2-6H2,1H3,(H,11,12). The van der Waals surface area contributed by atoms with Crippen LogP contribution in [0.15, 0.2) is 0 Å². The van der Waals surface area contributed by atoms with Gasteiger partial charge in [-0.1, -0.05) is 25.7 Å². The molecule has 1 saturated carbocycles. The van der Waals surface area contributed by atoms with Gasteiger partial charge in [-0.25, -0.2) is 0 Å². The van der Waals surface area contributed by atoms with E-state index < -0.39 is 17.9 Å². The number of carboxylic acid groups (broad SMARTS) is 1. The zero-order valence-electron chi connectivity index (χ0n) is 8.36. The maximum Gasteiger partial charge on any atom is 0.320 e. The molecule has 0 saturated heterocycles. The molecule has 1 fully saturated rings. The summed E-state index contributed by atoms with van der Waals surface area (Å²) >= 11 is 0. The van der Waals surface area contributed by atoms with E-state index in [9.17, 15) is 9.59 Å². The monoisotopic (exact) mass is 200 g/mol. The molecule has 4 nitrogen and oxygen atoms in total. The summed E-state index contributed by atoms with van der Waals surface area (Å²) in [6, 6.07) is 0. The van der Waals surface area contributed by atoms with Gasteiger partial charge in [-0.15, -0.1) is 0 Å². The number of carbonyl (C=O) groups is 2. The van der Waals surface area contributed by atoms with E-state index in [-0.39, 0.29) is 0 Å². The molecule has 0 aromatic carbocycles. The summed E-state index contributed by atoms with van der Waals surface area (Å²) in [5.41, 5.74) is 0. The molecule has 0 amide bonds. The molecule has 1 rings (SSSR count). The number of esters is 1. The van der Waals surface area contributed by atoms with Crippen LogP contribution in [-0.2, 0) is 14.3 Å². The minimum absolute atomic E-state index is 0.384. The van der Waals surface area contributed by atoms with E-state index in [1.807, 2.05) is 0 Å². The Kier molecular flexibility index (Phi) is 3.92. The van der Waals surface area contributed by atoms with E-state index in [1.54, 1.807) is 0 Å². The molecule has 80 valence electrons. The number of rotatable bonds is 4. The van der Waals surface area contributed by atoms with Crippen LogP contribution in [0.4, 0.5) is 0 Å². The Morgan fingerprint density at radius 1 is 1.43 bits per heavy atom. The topological polar surface area (TPSA) is 63.6 Å². The van der Waals surface area contributed by atoms with Crippen LogP contribution in [0.3, 0.4) is 0 Å². The lowest BCUT2D eigenvalue weighted by Crippen LogP contribution is -2.26. The van der Waals surface area contributed by atoms with Crippen LogP contribution in [0.25, 0.3) is 0 Å². The number of hydrogen-bond donors (Lipinski definition) is 1. The van der Waals surface area contributed by atoms with Crippen molar-refractivity contribution in [3.63, 3.8) is 0 Å². The number of carbonyl (C=O) groups excluding carboxylic acids is 1. The second-order valence-corrected chi connectivity index (χ2v) is 3.80. The molecule has 1 aliphatic rings. The van der Waals surface area contributed by atoms with Gasteiger partial charge in [-0.2, -0.15) is 0 Å². The molecular weight excluding hydrogens is 184 g/mol. The largest absolute Gasteiger partial charge is 0.481 e. The van der Waals surface area contributed by atoms with E-state index in [0.717, 1.165) is 25.7 Å². The van der Waals surface area contributed by atoms with Gasteiger partial charge in [0.15, 0.2) is 5.92 Å². The van der Waals surface area contributed by atoms with Gasteiger partial charge in [0.2, 0.25) is 0 Å². The Morgan fingerprint density at radius 2 is 2.00 bits per heavy atom. The van der Waals surface area contributed by atoms with Crippen molar-refractivity contribution in [3.8, 4) is 0 Å². The summed E-state index contributed by atoms with van der Waals surface area (Å²) in [6.07, 6.45) is 4.82. The average Bonchev–Trinajstić information content (AvgIpc) is 2.65. The van der Waals surface area contributed by atoms with E-state index in [0.29, 0.717) is 12.3 Å². The summed E-state index contributed by atoms with van der Waals surface area (Å²) in [5, 5.41) is 8.83. The van der Waals surface area contributed by atoms with Crippen molar-refractivity contribution in [3.05, 3.63) is 0 Å². The minimum atomic E-state index is -1.07. The summed E-state index contributed by atoms with van der Waals surface area (Å²) in [5.74, 6) is -2.27. The molecule has 0 aliphatic heterocycles. The summed E-state index contributed by atoms with van der Waals surface area (Å²) < 4.78 is 4.46. The van der Waals surface area contributed by atoms with Gasteiger partial charge in [0, 0.05) is 0 Å². The van der Waals surface area contributed by atoms with Crippen molar-refractivity contribution in [2.75, 3.05) is 7.11 Å². The van der Waals surface area contributed by atoms with E-state index in [4.69, 9.17) is 5.11 Å². The third kappa shape index (κ3) is 2.72. The van der Waals surface area contributed by atoms with Gasteiger partial charge in [0.1, 0.15) is 0 Å². The lowest BCUT2D eigenvalue weighted by Gasteiger charge is -2.14. The van der Waals surface area contributed by atoms with Crippen molar-refractivity contribution in [1.29, 1.82) is 0 Å². The van der Waals surface area contributed by atoms with Crippen LogP contribution in [0, 0.1) is 11.8 Å². The Bertz CT molecular complexity index is 218. The quantitative estimate of drug-likeness (QED) is 0.551. The second-order valence-electron chi connectivity index (χ2n) is 3.80. The number of aliphatic carboxylic acids is 1. The molecule has 0 aromatic heterocycles. The van der Waals surface area contributed by atoms with Crippen molar-refractivity contribution in [2.45, 2.75) is 32.1 Å². The van der Waals surface area contributed by atoms with Crippen LogP contribution in [0.1, 0.15) is 32.1 Å². The first-order valence-electron chi connectivity index (χ1n) is 4.95. The van der Waals surface area contributed by atoms with Crippen molar-refractivity contribution in [2.24, 2.45) is 11.8 Å².